The van der Waals surface area contributed by atoms with Gasteiger partial charge in [0.1, 0.15) is 17.4 Å². The van der Waals surface area contributed by atoms with Gasteiger partial charge < -0.3 is 20.3 Å². The molecule has 3 N–H and O–H groups in total. The lowest BCUT2D eigenvalue weighted by Gasteiger charge is -2.23. The molecule has 24 heavy (non-hydrogen) atoms. The van der Waals surface area contributed by atoms with E-state index in [1.807, 2.05) is 20.8 Å². The Balaban J connectivity index is 3.06. The van der Waals surface area contributed by atoms with Crippen molar-refractivity contribution in [2.24, 2.45) is 0 Å². The predicted octanol–water partition coefficient (Wildman–Crippen LogP) is 3.34. The molecule has 1 atom stereocenters. The van der Waals surface area contributed by atoms with Crippen molar-refractivity contribution in [3.05, 3.63) is 28.8 Å². The molecule has 0 saturated heterocycles. The van der Waals surface area contributed by atoms with Gasteiger partial charge in [-0.1, -0.05) is 13.8 Å². The number of benzene rings is 1. The molecule has 0 saturated carbocycles. The third kappa shape index (κ3) is 5.76. The average Bonchev–Trinajstić information content (AvgIpc) is 2.37. The van der Waals surface area contributed by atoms with Crippen molar-refractivity contribution >= 4 is 12.1 Å². The molecule has 1 aromatic carbocycles. The Morgan fingerprint density at radius 2 is 1.83 bits per heavy atom. The minimum atomic E-state index is -1.14. The van der Waals surface area contributed by atoms with Crippen LogP contribution in [0.1, 0.15) is 57.2 Å². The Morgan fingerprint density at radius 1 is 1.25 bits per heavy atom. The third-order valence-electron chi connectivity index (χ3n) is 3.51. The molecule has 134 valence electrons. The van der Waals surface area contributed by atoms with E-state index in [4.69, 9.17) is 4.74 Å². The molecule has 0 heterocycles. The number of phenolic OH excluding ortho intramolecular Hbond substituents is 1. The SMILES string of the molecule is Cc1cc(O)cc(C(C)C)c1C[C@H](NC(=O)OC(C)(C)C)C(=O)O. The maximum Gasteiger partial charge on any atom is 0.408 e. The number of rotatable bonds is 5. The topological polar surface area (TPSA) is 95.9 Å². The van der Waals surface area contributed by atoms with E-state index in [2.05, 4.69) is 5.32 Å². The molecule has 0 spiro atoms. The molecule has 0 aliphatic carbocycles. The zero-order valence-corrected chi connectivity index (χ0v) is 15.1. The highest BCUT2D eigenvalue weighted by Crippen LogP contribution is 2.28. The maximum atomic E-state index is 11.9. The van der Waals surface area contributed by atoms with Crippen LogP contribution in [-0.4, -0.2) is 33.9 Å². The van der Waals surface area contributed by atoms with Crippen LogP contribution in [-0.2, 0) is 16.0 Å². The molecule has 0 aromatic heterocycles. The van der Waals surface area contributed by atoms with Crippen LogP contribution in [0.15, 0.2) is 12.1 Å². The summed E-state index contributed by atoms with van der Waals surface area (Å²) in [4.78, 5) is 23.4. The van der Waals surface area contributed by atoms with Gasteiger partial charge in [0.25, 0.3) is 0 Å². The van der Waals surface area contributed by atoms with Crippen LogP contribution in [0.3, 0.4) is 0 Å². The number of carbonyl (C=O) groups is 2. The van der Waals surface area contributed by atoms with Crippen molar-refractivity contribution in [3.63, 3.8) is 0 Å². The average molecular weight is 337 g/mol. The first-order valence-corrected chi connectivity index (χ1v) is 7.95. The van der Waals surface area contributed by atoms with Gasteiger partial charge in [0, 0.05) is 6.42 Å². The van der Waals surface area contributed by atoms with Crippen LogP contribution in [0.25, 0.3) is 0 Å². The number of nitrogens with one attached hydrogen (secondary N) is 1. The second-order valence-corrected chi connectivity index (χ2v) is 7.23. The first kappa shape index (κ1) is 19.8. The summed E-state index contributed by atoms with van der Waals surface area (Å²) in [6.45, 7) is 10.9. The predicted molar refractivity (Wildman–Crippen MR) is 91.4 cm³/mol. The van der Waals surface area contributed by atoms with Crippen LogP contribution >= 0.6 is 0 Å². The lowest BCUT2D eigenvalue weighted by molar-refractivity contribution is -0.139. The minimum Gasteiger partial charge on any atom is -0.508 e. The summed E-state index contributed by atoms with van der Waals surface area (Å²) in [5.74, 6) is -0.878. The van der Waals surface area contributed by atoms with Crippen molar-refractivity contribution in [3.8, 4) is 5.75 Å². The smallest absolute Gasteiger partial charge is 0.408 e. The number of aryl methyl sites for hydroxylation is 1. The largest absolute Gasteiger partial charge is 0.508 e. The number of carbonyl (C=O) groups excluding carboxylic acids is 1. The number of alkyl carbamates (subject to hydrolysis) is 1. The Hall–Kier alpha value is -2.24. The molecule has 0 fully saturated rings. The van der Waals surface area contributed by atoms with Crippen LogP contribution in [0.5, 0.6) is 5.75 Å². The standard InChI is InChI=1S/C18H27NO5/c1-10(2)13-8-12(20)7-11(3)14(13)9-15(16(21)22)19-17(23)24-18(4,5)6/h7-8,10,15,20H,9H2,1-6H3,(H,19,23)(H,21,22)/t15-/m0/s1. The summed E-state index contributed by atoms with van der Waals surface area (Å²) < 4.78 is 5.13. The summed E-state index contributed by atoms with van der Waals surface area (Å²) in [6.07, 6.45) is -0.647. The van der Waals surface area contributed by atoms with E-state index in [-0.39, 0.29) is 18.1 Å². The zero-order chi connectivity index (χ0) is 18.7. The van der Waals surface area contributed by atoms with Gasteiger partial charge in [-0.25, -0.2) is 9.59 Å². The maximum absolute atomic E-state index is 11.9. The highest BCUT2D eigenvalue weighted by Gasteiger charge is 2.26. The molecule has 0 bridgehead atoms. The van der Waals surface area contributed by atoms with Gasteiger partial charge in [-0.2, -0.15) is 0 Å². The Kier molecular flexibility index (Phi) is 6.23. The van der Waals surface area contributed by atoms with Crippen molar-refractivity contribution in [2.75, 3.05) is 0 Å². The summed E-state index contributed by atoms with van der Waals surface area (Å²) in [6, 6.07) is 2.12. The fourth-order valence-electron chi connectivity index (χ4n) is 2.47. The van der Waals surface area contributed by atoms with E-state index in [1.165, 1.54) is 0 Å². The molecular formula is C18H27NO5. The summed E-state index contributed by atoms with van der Waals surface area (Å²) in [5.41, 5.74) is 1.76. The highest BCUT2D eigenvalue weighted by molar-refractivity contribution is 5.80. The Labute approximate surface area is 142 Å². The Morgan fingerprint density at radius 3 is 2.29 bits per heavy atom. The number of aromatic hydroxyl groups is 1. The third-order valence-corrected chi connectivity index (χ3v) is 3.51. The van der Waals surface area contributed by atoms with Gasteiger partial charge in [0.05, 0.1) is 0 Å². The number of carboxylic acids is 1. The van der Waals surface area contributed by atoms with E-state index >= 15 is 0 Å². The molecular weight excluding hydrogens is 310 g/mol. The van der Waals surface area contributed by atoms with Gasteiger partial charge in [0.15, 0.2) is 0 Å². The van der Waals surface area contributed by atoms with Crippen molar-refractivity contribution in [1.82, 2.24) is 5.32 Å². The molecule has 0 radical (unpaired) electrons. The summed E-state index contributed by atoms with van der Waals surface area (Å²) >= 11 is 0. The lowest BCUT2D eigenvalue weighted by atomic mass is 9.89. The molecule has 1 amide bonds. The van der Waals surface area contributed by atoms with E-state index in [0.717, 1.165) is 16.7 Å². The number of amides is 1. The van der Waals surface area contributed by atoms with E-state index in [9.17, 15) is 19.8 Å². The number of carboxylic acid groups (broad SMARTS) is 1. The van der Waals surface area contributed by atoms with Crippen LogP contribution in [0.2, 0.25) is 0 Å². The molecule has 1 aromatic rings. The number of ether oxygens (including phenoxy) is 1. The van der Waals surface area contributed by atoms with Crippen LogP contribution in [0.4, 0.5) is 4.79 Å². The first-order chi connectivity index (χ1) is 10.9. The van der Waals surface area contributed by atoms with Gasteiger partial charge in [-0.3, -0.25) is 0 Å². The number of hydrogen-bond donors (Lipinski definition) is 3. The van der Waals surface area contributed by atoms with Gasteiger partial charge >= 0.3 is 12.1 Å². The second-order valence-electron chi connectivity index (χ2n) is 7.23. The van der Waals surface area contributed by atoms with Crippen molar-refractivity contribution < 1.29 is 24.5 Å². The molecule has 1 rings (SSSR count). The molecule has 6 nitrogen and oxygen atoms in total. The second kappa shape index (κ2) is 7.55. The monoisotopic (exact) mass is 337 g/mol. The van der Waals surface area contributed by atoms with Gasteiger partial charge in [-0.05, 0) is 62.4 Å². The number of phenols is 1. The van der Waals surface area contributed by atoms with Gasteiger partial charge in [-0.15, -0.1) is 0 Å². The first-order valence-electron chi connectivity index (χ1n) is 7.95. The number of aliphatic carboxylic acids is 1. The van der Waals surface area contributed by atoms with Crippen LogP contribution < -0.4 is 5.32 Å². The molecule has 0 aliphatic heterocycles. The van der Waals surface area contributed by atoms with Crippen molar-refractivity contribution in [2.45, 2.75) is 65.5 Å². The number of hydrogen-bond acceptors (Lipinski definition) is 4. The van der Waals surface area contributed by atoms with Crippen LogP contribution in [0, 0.1) is 6.92 Å². The fraction of sp³-hybridized carbons (Fsp3) is 0.556. The normalized spacial score (nSPS) is 12.8. The Bertz CT molecular complexity index is 617. The minimum absolute atomic E-state index is 0.113. The summed E-state index contributed by atoms with van der Waals surface area (Å²) in [5, 5.41) is 21.6. The highest BCUT2D eigenvalue weighted by atomic mass is 16.6. The molecule has 0 unspecified atom stereocenters. The van der Waals surface area contributed by atoms with Gasteiger partial charge in [0.2, 0.25) is 0 Å². The van der Waals surface area contributed by atoms with E-state index < -0.39 is 23.7 Å². The molecule has 6 heteroatoms. The fourth-order valence-corrected chi connectivity index (χ4v) is 2.47. The molecule has 0 aliphatic rings. The van der Waals surface area contributed by atoms with E-state index in [0.29, 0.717) is 0 Å². The van der Waals surface area contributed by atoms with Crippen molar-refractivity contribution in [1.29, 1.82) is 0 Å². The van der Waals surface area contributed by atoms with E-state index in [1.54, 1.807) is 32.9 Å². The quantitative estimate of drug-likeness (QED) is 0.766. The lowest BCUT2D eigenvalue weighted by Crippen LogP contribution is -2.44. The zero-order valence-electron chi connectivity index (χ0n) is 15.1. The summed E-state index contributed by atoms with van der Waals surface area (Å²) in [7, 11) is 0.